The SMILES string of the molecule is CNC#Cc1cccc2c(C(C)N3CCC(C(=O)NCc4cccc(F)c4)CC3)cccc12. The average Bonchev–Trinajstić information content (AvgIpc) is 2.85. The molecular formula is C28H30FN3O. The highest BCUT2D eigenvalue weighted by atomic mass is 19.1. The number of likely N-dealkylation sites (tertiary alicyclic amines) is 1. The van der Waals surface area contributed by atoms with Gasteiger partial charge in [-0.25, -0.2) is 4.39 Å². The minimum absolute atomic E-state index is 0.00190. The van der Waals surface area contributed by atoms with Gasteiger partial charge < -0.3 is 10.6 Å². The highest BCUT2D eigenvalue weighted by Gasteiger charge is 2.28. The summed E-state index contributed by atoms with van der Waals surface area (Å²) in [6, 6.07) is 22.3. The lowest BCUT2D eigenvalue weighted by Crippen LogP contribution is -2.41. The van der Waals surface area contributed by atoms with E-state index in [9.17, 15) is 9.18 Å². The molecule has 2 N–H and O–H groups in total. The molecule has 0 aromatic heterocycles. The molecule has 170 valence electrons. The first-order chi connectivity index (χ1) is 16.1. The molecule has 1 aliphatic rings. The Morgan fingerprint density at radius 2 is 1.82 bits per heavy atom. The molecule has 1 saturated heterocycles. The maximum absolute atomic E-state index is 13.4. The summed E-state index contributed by atoms with van der Waals surface area (Å²) in [5.74, 6) is 2.97. The van der Waals surface area contributed by atoms with Crippen LogP contribution in [-0.4, -0.2) is 30.9 Å². The fraction of sp³-hybridized carbons (Fsp3) is 0.321. The van der Waals surface area contributed by atoms with Crippen LogP contribution in [0.5, 0.6) is 0 Å². The summed E-state index contributed by atoms with van der Waals surface area (Å²) in [5, 5.41) is 8.25. The van der Waals surface area contributed by atoms with Crippen molar-refractivity contribution < 1.29 is 9.18 Å². The number of nitrogens with zero attached hydrogens (tertiary/aromatic N) is 1. The Bertz CT molecular complexity index is 1190. The summed E-state index contributed by atoms with van der Waals surface area (Å²) in [6.45, 7) is 4.34. The number of fused-ring (bicyclic) bond motifs is 1. The molecule has 1 aliphatic heterocycles. The molecule has 0 spiro atoms. The maximum Gasteiger partial charge on any atom is 0.223 e. The molecule has 0 aliphatic carbocycles. The number of hydrogen-bond donors (Lipinski definition) is 2. The monoisotopic (exact) mass is 443 g/mol. The van der Waals surface area contributed by atoms with Crippen LogP contribution in [-0.2, 0) is 11.3 Å². The van der Waals surface area contributed by atoms with Crippen molar-refractivity contribution in [1.29, 1.82) is 0 Å². The maximum atomic E-state index is 13.4. The Morgan fingerprint density at radius 1 is 1.09 bits per heavy atom. The van der Waals surface area contributed by atoms with Gasteiger partial charge in [-0.1, -0.05) is 42.5 Å². The number of hydrogen-bond acceptors (Lipinski definition) is 3. The highest BCUT2D eigenvalue weighted by Crippen LogP contribution is 2.32. The van der Waals surface area contributed by atoms with E-state index in [0.717, 1.165) is 42.4 Å². The predicted octanol–water partition coefficient (Wildman–Crippen LogP) is 4.60. The van der Waals surface area contributed by atoms with Gasteiger partial charge in [0.25, 0.3) is 0 Å². The summed E-state index contributed by atoms with van der Waals surface area (Å²) in [7, 11) is 1.82. The molecule has 0 saturated carbocycles. The molecule has 0 radical (unpaired) electrons. The van der Waals surface area contributed by atoms with Crippen molar-refractivity contribution in [2.75, 3.05) is 20.1 Å². The summed E-state index contributed by atoms with van der Waals surface area (Å²) < 4.78 is 13.4. The number of nitrogens with one attached hydrogen (secondary N) is 2. The molecular weight excluding hydrogens is 413 g/mol. The predicted molar refractivity (Wildman–Crippen MR) is 131 cm³/mol. The molecule has 0 bridgehead atoms. The molecule has 1 unspecified atom stereocenters. The number of piperidine rings is 1. The van der Waals surface area contributed by atoms with Crippen LogP contribution in [0.15, 0.2) is 60.7 Å². The molecule has 1 atom stereocenters. The second-order valence-corrected chi connectivity index (χ2v) is 8.58. The van der Waals surface area contributed by atoms with E-state index in [2.05, 4.69) is 70.8 Å². The van der Waals surface area contributed by atoms with Crippen LogP contribution < -0.4 is 10.6 Å². The van der Waals surface area contributed by atoms with Gasteiger partial charge in [-0.3, -0.25) is 9.69 Å². The van der Waals surface area contributed by atoms with Crippen LogP contribution in [0.4, 0.5) is 4.39 Å². The lowest BCUT2D eigenvalue weighted by atomic mass is 9.91. The lowest BCUT2D eigenvalue weighted by molar-refractivity contribution is -0.126. The number of rotatable bonds is 5. The normalized spacial score (nSPS) is 15.5. The number of halogens is 1. The van der Waals surface area contributed by atoms with Crippen molar-refractivity contribution in [1.82, 2.24) is 15.5 Å². The van der Waals surface area contributed by atoms with Gasteiger partial charge in [0.05, 0.1) is 0 Å². The van der Waals surface area contributed by atoms with E-state index in [-0.39, 0.29) is 23.7 Å². The fourth-order valence-electron chi connectivity index (χ4n) is 4.66. The summed E-state index contributed by atoms with van der Waals surface area (Å²) in [6.07, 6.45) is 1.64. The number of amides is 1. The van der Waals surface area contributed by atoms with E-state index in [0.29, 0.717) is 6.54 Å². The van der Waals surface area contributed by atoms with Crippen molar-refractivity contribution in [2.45, 2.75) is 32.4 Å². The van der Waals surface area contributed by atoms with Crippen LogP contribution >= 0.6 is 0 Å². The minimum atomic E-state index is -0.279. The molecule has 3 aromatic carbocycles. The Labute approximate surface area is 195 Å². The topological polar surface area (TPSA) is 44.4 Å². The van der Waals surface area contributed by atoms with Crippen LogP contribution in [0.1, 0.15) is 42.5 Å². The van der Waals surface area contributed by atoms with Crippen LogP contribution in [0.25, 0.3) is 10.8 Å². The van der Waals surface area contributed by atoms with Crippen molar-refractivity contribution in [3.8, 4) is 12.0 Å². The molecule has 4 rings (SSSR count). The third-order valence-corrected chi connectivity index (χ3v) is 6.53. The van der Waals surface area contributed by atoms with E-state index in [1.807, 2.05) is 13.1 Å². The Kier molecular flexibility index (Phi) is 7.26. The van der Waals surface area contributed by atoms with Crippen molar-refractivity contribution in [2.24, 2.45) is 5.92 Å². The first-order valence-corrected chi connectivity index (χ1v) is 11.5. The Balaban J connectivity index is 1.40. The Morgan fingerprint density at radius 3 is 2.58 bits per heavy atom. The second-order valence-electron chi connectivity index (χ2n) is 8.58. The molecule has 1 heterocycles. The standard InChI is InChI=1S/C28H30FN3O/c1-20(25-9-5-10-26-22(12-15-30-2)7-4-11-27(25)26)32-16-13-23(14-17-32)28(33)31-19-21-6-3-8-24(29)18-21/h3-11,18,20,23,30H,13-14,16-17,19H2,1-2H3,(H,31,33). The van der Waals surface area contributed by atoms with Gasteiger partial charge in [0.1, 0.15) is 5.82 Å². The molecule has 1 amide bonds. The number of carbonyl (C=O) groups is 1. The van der Waals surface area contributed by atoms with Gasteiger partial charge >= 0.3 is 0 Å². The third kappa shape index (κ3) is 5.35. The fourth-order valence-corrected chi connectivity index (χ4v) is 4.66. The summed E-state index contributed by atoms with van der Waals surface area (Å²) in [5.41, 5.74) is 3.09. The Hall–Kier alpha value is -3.36. The van der Waals surface area contributed by atoms with Gasteiger partial charge in [-0.05, 0) is 78.9 Å². The minimum Gasteiger partial charge on any atom is -0.352 e. The van der Waals surface area contributed by atoms with Crippen molar-refractivity contribution >= 4 is 16.7 Å². The van der Waals surface area contributed by atoms with E-state index < -0.39 is 0 Å². The first-order valence-electron chi connectivity index (χ1n) is 11.5. The van der Waals surface area contributed by atoms with Crippen LogP contribution in [0, 0.1) is 23.7 Å². The van der Waals surface area contributed by atoms with Gasteiger partial charge in [-0.15, -0.1) is 0 Å². The zero-order valence-electron chi connectivity index (χ0n) is 19.2. The molecule has 3 aromatic rings. The van der Waals surface area contributed by atoms with E-state index in [4.69, 9.17) is 0 Å². The van der Waals surface area contributed by atoms with Gasteiger partial charge in [-0.2, -0.15) is 0 Å². The van der Waals surface area contributed by atoms with Crippen LogP contribution in [0.2, 0.25) is 0 Å². The summed E-state index contributed by atoms with van der Waals surface area (Å²) in [4.78, 5) is 15.1. The summed E-state index contributed by atoms with van der Waals surface area (Å²) >= 11 is 0. The quantitative estimate of drug-likeness (QED) is 0.448. The molecule has 5 heteroatoms. The van der Waals surface area contributed by atoms with Gasteiger partial charge in [0, 0.05) is 37.2 Å². The second kappa shape index (κ2) is 10.5. The zero-order valence-corrected chi connectivity index (χ0v) is 19.2. The smallest absolute Gasteiger partial charge is 0.223 e. The first kappa shape index (κ1) is 22.8. The van der Waals surface area contributed by atoms with Crippen LogP contribution in [0.3, 0.4) is 0 Å². The molecule has 1 fully saturated rings. The number of benzene rings is 3. The van der Waals surface area contributed by atoms with E-state index >= 15 is 0 Å². The molecule has 4 nitrogen and oxygen atoms in total. The van der Waals surface area contributed by atoms with Gasteiger partial charge in [0.2, 0.25) is 5.91 Å². The largest absolute Gasteiger partial charge is 0.352 e. The van der Waals surface area contributed by atoms with E-state index in [1.54, 1.807) is 6.07 Å². The van der Waals surface area contributed by atoms with E-state index in [1.165, 1.54) is 23.1 Å². The lowest BCUT2D eigenvalue weighted by Gasteiger charge is -2.36. The zero-order chi connectivity index (χ0) is 23.2. The average molecular weight is 444 g/mol. The number of carbonyl (C=O) groups excluding carboxylic acids is 1. The molecule has 33 heavy (non-hydrogen) atoms. The highest BCUT2D eigenvalue weighted by molar-refractivity contribution is 5.91. The van der Waals surface area contributed by atoms with Gasteiger partial charge in [0.15, 0.2) is 0 Å². The van der Waals surface area contributed by atoms with Crippen molar-refractivity contribution in [3.05, 3.63) is 83.2 Å². The van der Waals surface area contributed by atoms with Crippen molar-refractivity contribution in [3.63, 3.8) is 0 Å². The third-order valence-electron chi connectivity index (χ3n) is 6.53.